The predicted molar refractivity (Wildman–Crippen MR) is 97.6 cm³/mol. The van der Waals surface area contributed by atoms with Crippen LogP contribution in [0.4, 0.5) is 5.69 Å². The van der Waals surface area contributed by atoms with Crippen LogP contribution in [0, 0.1) is 6.92 Å². The number of hydrogen-bond acceptors (Lipinski definition) is 3. The van der Waals surface area contributed by atoms with Crippen LogP contribution in [-0.2, 0) is 0 Å². The van der Waals surface area contributed by atoms with Gasteiger partial charge in [0.2, 0.25) is 0 Å². The van der Waals surface area contributed by atoms with Crippen LogP contribution < -0.4 is 5.32 Å². The van der Waals surface area contributed by atoms with Gasteiger partial charge in [-0.2, -0.15) is 0 Å². The van der Waals surface area contributed by atoms with Gasteiger partial charge >= 0.3 is 0 Å². The number of benzene rings is 2. The van der Waals surface area contributed by atoms with E-state index in [1.807, 2.05) is 78.2 Å². The van der Waals surface area contributed by atoms with Crippen molar-refractivity contribution in [2.75, 3.05) is 5.32 Å². The first-order valence-corrected chi connectivity index (χ1v) is 7.99. The quantitative estimate of drug-likeness (QED) is 0.619. The fourth-order valence-electron chi connectivity index (χ4n) is 2.76. The number of fused-ring (bicyclic) bond motifs is 1. The molecule has 5 nitrogen and oxygen atoms in total. The van der Waals surface area contributed by atoms with Crippen molar-refractivity contribution in [2.24, 2.45) is 0 Å². The van der Waals surface area contributed by atoms with Gasteiger partial charge in [-0.1, -0.05) is 35.9 Å². The molecule has 0 atom stereocenters. The summed E-state index contributed by atoms with van der Waals surface area (Å²) in [5.41, 5.74) is 4.08. The molecule has 0 aliphatic carbocycles. The maximum absolute atomic E-state index is 12.4. The summed E-state index contributed by atoms with van der Waals surface area (Å²) < 4.78 is 1.92. The van der Waals surface area contributed by atoms with E-state index in [2.05, 4.69) is 15.5 Å². The minimum Gasteiger partial charge on any atom is -0.322 e. The van der Waals surface area contributed by atoms with Gasteiger partial charge in [-0.3, -0.25) is 9.20 Å². The highest BCUT2D eigenvalue weighted by atomic mass is 16.1. The SMILES string of the molecule is Cc1cccc(C(=O)Nc2cccc(-c3nnc4ccccn34)c2)c1. The second-order valence-electron chi connectivity index (χ2n) is 5.86. The summed E-state index contributed by atoms with van der Waals surface area (Å²) in [4.78, 5) is 12.4. The van der Waals surface area contributed by atoms with Crippen molar-refractivity contribution in [3.63, 3.8) is 0 Å². The number of rotatable bonds is 3. The van der Waals surface area contributed by atoms with Crippen molar-refractivity contribution in [1.29, 1.82) is 0 Å². The van der Waals surface area contributed by atoms with Gasteiger partial charge in [0.1, 0.15) is 0 Å². The first-order valence-electron chi connectivity index (χ1n) is 7.99. The summed E-state index contributed by atoms with van der Waals surface area (Å²) in [6.07, 6.45) is 1.92. The summed E-state index contributed by atoms with van der Waals surface area (Å²) in [6, 6.07) is 20.9. The Morgan fingerprint density at radius 2 is 1.84 bits per heavy atom. The molecule has 1 N–H and O–H groups in total. The zero-order valence-corrected chi connectivity index (χ0v) is 13.7. The van der Waals surface area contributed by atoms with Gasteiger partial charge in [0, 0.05) is 23.0 Å². The Balaban J connectivity index is 1.65. The van der Waals surface area contributed by atoms with Crippen molar-refractivity contribution in [3.05, 3.63) is 84.1 Å². The van der Waals surface area contributed by atoms with Crippen LogP contribution in [0.3, 0.4) is 0 Å². The van der Waals surface area contributed by atoms with Crippen LogP contribution in [0.1, 0.15) is 15.9 Å². The molecule has 4 aromatic rings. The molecule has 0 aliphatic rings. The Labute approximate surface area is 145 Å². The molecule has 0 fully saturated rings. The third-order valence-electron chi connectivity index (χ3n) is 3.97. The smallest absolute Gasteiger partial charge is 0.255 e. The monoisotopic (exact) mass is 328 g/mol. The average molecular weight is 328 g/mol. The van der Waals surface area contributed by atoms with Gasteiger partial charge in [-0.05, 0) is 43.3 Å². The molecular formula is C20H16N4O. The van der Waals surface area contributed by atoms with E-state index < -0.39 is 0 Å². The van der Waals surface area contributed by atoms with E-state index in [4.69, 9.17) is 0 Å². The number of aryl methyl sites for hydroxylation is 1. The Kier molecular flexibility index (Phi) is 3.74. The molecule has 2 aromatic heterocycles. The number of carbonyl (C=O) groups excluding carboxylic acids is 1. The summed E-state index contributed by atoms with van der Waals surface area (Å²) in [7, 11) is 0. The number of anilines is 1. The van der Waals surface area contributed by atoms with Gasteiger partial charge in [0.15, 0.2) is 11.5 Å². The van der Waals surface area contributed by atoms with E-state index in [1.165, 1.54) is 0 Å². The van der Waals surface area contributed by atoms with E-state index >= 15 is 0 Å². The second kappa shape index (κ2) is 6.20. The highest BCUT2D eigenvalue weighted by Crippen LogP contribution is 2.22. The van der Waals surface area contributed by atoms with Crippen LogP contribution in [0.15, 0.2) is 72.9 Å². The van der Waals surface area contributed by atoms with E-state index in [0.29, 0.717) is 5.56 Å². The summed E-state index contributed by atoms with van der Waals surface area (Å²) in [6.45, 7) is 1.97. The van der Waals surface area contributed by atoms with Crippen molar-refractivity contribution in [2.45, 2.75) is 6.92 Å². The van der Waals surface area contributed by atoms with E-state index in [1.54, 1.807) is 6.07 Å². The minimum atomic E-state index is -0.132. The fourth-order valence-corrected chi connectivity index (χ4v) is 2.76. The van der Waals surface area contributed by atoms with Gasteiger partial charge in [-0.15, -0.1) is 10.2 Å². The zero-order valence-electron chi connectivity index (χ0n) is 13.7. The number of carbonyl (C=O) groups is 1. The summed E-state index contributed by atoms with van der Waals surface area (Å²) in [5.74, 6) is 0.606. The number of aromatic nitrogens is 3. The lowest BCUT2D eigenvalue weighted by Crippen LogP contribution is -2.11. The third kappa shape index (κ3) is 2.99. The molecule has 0 aliphatic heterocycles. The first kappa shape index (κ1) is 15.1. The van der Waals surface area contributed by atoms with Crippen molar-refractivity contribution in [1.82, 2.24) is 14.6 Å². The number of amides is 1. The topological polar surface area (TPSA) is 59.3 Å². The standard InChI is InChI=1S/C20H16N4O/c1-14-6-4-8-16(12-14)20(25)21-17-9-5-7-15(13-17)19-23-22-18-10-2-3-11-24(18)19/h2-13H,1H3,(H,21,25). The largest absolute Gasteiger partial charge is 0.322 e. The minimum absolute atomic E-state index is 0.132. The Morgan fingerprint density at radius 1 is 0.960 bits per heavy atom. The highest BCUT2D eigenvalue weighted by molar-refractivity contribution is 6.04. The molecule has 122 valence electrons. The van der Waals surface area contributed by atoms with Gasteiger partial charge in [0.25, 0.3) is 5.91 Å². The van der Waals surface area contributed by atoms with Crippen LogP contribution in [0.25, 0.3) is 17.0 Å². The third-order valence-corrected chi connectivity index (χ3v) is 3.97. The number of hydrogen-bond donors (Lipinski definition) is 1. The van der Waals surface area contributed by atoms with Gasteiger partial charge in [-0.25, -0.2) is 0 Å². The lowest BCUT2D eigenvalue weighted by molar-refractivity contribution is 0.102. The van der Waals surface area contributed by atoms with Gasteiger partial charge < -0.3 is 5.32 Å². The average Bonchev–Trinajstić information content (AvgIpc) is 3.06. The summed E-state index contributed by atoms with van der Waals surface area (Å²) in [5, 5.41) is 11.4. The molecular weight excluding hydrogens is 312 g/mol. The normalized spacial score (nSPS) is 10.8. The highest BCUT2D eigenvalue weighted by Gasteiger charge is 2.10. The first-order chi connectivity index (χ1) is 12.2. The van der Waals surface area contributed by atoms with E-state index in [-0.39, 0.29) is 5.91 Å². The Morgan fingerprint density at radius 3 is 2.72 bits per heavy atom. The molecule has 1 amide bonds. The fraction of sp³-hybridized carbons (Fsp3) is 0.0500. The number of pyridine rings is 1. The molecule has 0 unspecified atom stereocenters. The number of nitrogens with one attached hydrogen (secondary N) is 1. The van der Waals surface area contributed by atoms with Crippen LogP contribution >= 0.6 is 0 Å². The lowest BCUT2D eigenvalue weighted by atomic mass is 10.1. The van der Waals surface area contributed by atoms with E-state index in [9.17, 15) is 4.79 Å². The molecule has 0 saturated carbocycles. The molecule has 5 heteroatoms. The predicted octanol–water partition coefficient (Wildman–Crippen LogP) is 3.96. The number of nitrogens with zero attached hydrogens (tertiary/aromatic N) is 3. The Bertz CT molecular complexity index is 1070. The van der Waals surface area contributed by atoms with Crippen molar-refractivity contribution < 1.29 is 4.79 Å². The lowest BCUT2D eigenvalue weighted by Gasteiger charge is -2.07. The maximum Gasteiger partial charge on any atom is 0.255 e. The van der Waals surface area contributed by atoms with Gasteiger partial charge in [0.05, 0.1) is 0 Å². The molecule has 0 radical (unpaired) electrons. The second-order valence-corrected chi connectivity index (χ2v) is 5.86. The zero-order chi connectivity index (χ0) is 17.2. The van der Waals surface area contributed by atoms with Crippen LogP contribution in [0.5, 0.6) is 0 Å². The molecule has 0 spiro atoms. The Hall–Kier alpha value is -3.47. The molecule has 2 heterocycles. The molecule has 2 aromatic carbocycles. The maximum atomic E-state index is 12.4. The van der Waals surface area contributed by atoms with Crippen molar-refractivity contribution >= 4 is 17.2 Å². The van der Waals surface area contributed by atoms with Crippen LogP contribution in [0.2, 0.25) is 0 Å². The van der Waals surface area contributed by atoms with E-state index in [0.717, 1.165) is 28.3 Å². The van der Waals surface area contributed by atoms with Crippen molar-refractivity contribution in [3.8, 4) is 11.4 Å². The molecule has 25 heavy (non-hydrogen) atoms. The van der Waals surface area contributed by atoms with Crippen LogP contribution in [-0.4, -0.2) is 20.5 Å². The summed E-state index contributed by atoms with van der Waals surface area (Å²) >= 11 is 0. The molecule has 0 saturated heterocycles. The molecule has 4 rings (SSSR count). The molecule has 0 bridgehead atoms.